The van der Waals surface area contributed by atoms with Crippen LogP contribution in [-0.4, -0.2) is 41.8 Å². The molecule has 0 atom stereocenters. The van der Waals surface area contributed by atoms with E-state index < -0.39 is 9.84 Å². The number of amides is 1. The van der Waals surface area contributed by atoms with Crippen LogP contribution >= 0.6 is 0 Å². The van der Waals surface area contributed by atoms with Crippen LogP contribution in [-0.2, 0) is 26.1 Å². The van der Waals surface area contributed by atoms with Gasteiger partial charge in [-0.05, 0) is 38.3 Å². The molecule has 1 amide bonds. The minimum absolute atomic E-state index is 0.00920. The average molecular weight is 405 g/mol. The molecule has 2 aliphatic rings. The number of anilines is 2. The average Bonchev–Trinajstić information content (AvgIpc) is 3.11. The molecule has 10 heteroatoms. The second-order valence-electron chi connectivity index (χ2n) is 7.69. The predicted molar refractivity (Wildman–Crippen MR) is 103 cm³/mol. The molecule has 3 N–H and O–H groups in total. The van der Waals surface area contributed by atoms with Crippen molar-refractivity contribution < 1.29 is 17.9 Å². The molecular weight excluding hydrogens is 382 g/mol. The van der Waals surface area contributed by atoms with Gasteiger partial charge in [0, 0.05) is 23.7 Å². The minimum Gasteiger partial charge on any atom is -0.446 e. The van der Waals surface area contributed by atoms with E-state index in [2.05, 4.69) is 25.8 Å². The third-order valence-corrected chi connectivity index (χ3v) is 6.34. The summed E-state index contributed by atoms with van der Waals surface area (Å²) in [7, 11) is -3.07. The van der Waals surface area contributed by atoms with Gasteiger partial charge < -0.3 is 15.4 Å². The van der Waals surface area contributed by atoms with Gasteiger partial charge >= 0.3 is 6.09 Å². The summed E-state index contributed by atoms with van der Waals surface area (Å²) < 4.78 is 28.8. The number of carbonyl (C=O) groups is 1. The van der Waals surface area contributed by atoms with Gasteiger partial charge in [0.2, 0.25) is 0 Å². The second-order valence-corrected chi connectivity index (χ2v) is 9.75. The van der Waals surface area contributed by atoms with Crippen molar-refractivity contribution >= 4 is 27.4 Å². The van der Waals surface area contributed by atoms with E-state index in [4.69, 9.17) is 4.74 Å². The third kappa shape index (κ3) is 4.11. The van der Waals surface area contributed by atoms with E-state index in [1.54, 1.807) is 6.20 Å². The maximum Gasteiger partial charge on any atom is 0.407 e. The van der Waals surface area contributed by atoms with Gasteiger partial charge in [-0.2, -0.15) is 5.10 Å². The molecule has 2 aromatic heterocycles. The molecule has 9 nitrogen and oxygen atoms in total. The molecule has 28 heavy (non-hydrogen) atoms. The Labute approximate surface area is 163 Å². The number of nitrogens with zero attached hydrogens (tertiary/aromatic N) is 2. The number of rotatable bonds is 5. The van der Waals surface area contributed by atoms with E-state index in [1.165, 1.54) is 0 Å². The van der Waals surface area contributed by atoms with Crippen molar-refractivity contribution in [1.82, 2.24) is 20.5 Å². The quantitative estimate of drug-likeness (QED) is 0.697. The Kier molecular flexibility index (Phi) is 4.74. The predicted octanol–water partition coefficient (Wildman–Crippen LogP) is 2.36. The molecule has 4 rings (SSSR count). The van der Waals surface area contributed by atoms with E-state index in [-0.39, 0.29) is 35.7 Å². The molecule has 2 aromatic rings. The number of hydrogen-bond donors (Lipinski definition) is 3. The van der Waals surface area contributed by atoms with Crippen LogP contribution in [0.15, 0.2) is 18.3 Å². The van der Waals surface area contributed by atoms with Crippen molar-refractivity contribution in [2.75, 3.05) is 5.32 Å². The number of ether oxygens (including phenoxy) is 1. The maximum atomic E-state index is 11.7. The molecule has 0 saturated heterocycles. The largest absolute Gasteiger partial charge is 0.446 e. The van der Waals surface area contributed by atoms with Gasteiger partial charge in [-0.15, -0.1) is 0 Å². The first-order valence-electron chi connectivity index (χ1n) is 9.25. The Bertz CT molecular complexity index is 995. The monoisotopic (exact) mass is 405 g/mol. The zero-order chi connectivity index (χ0) is 19.9. The van der Waals surface area contributed by atoms with Gasteiger partial charge in [0.1, 0.15) is 6.10 Å². The van der Waals surface area contributed by atoms with Crippen molar-refractivity contribution in [2.24, 2.45) is 0 Å². The SMILES string of the molecule is CC(C)NC(=O)OC1CC(c2cc(Nc3cnc4c(c3)CS(=O)(=O)C4)n[nH]2)C1. The van der Waals surface area contributed by atoms with Crippen molar-refractivity contribution in [3.63, 3.8) is 0 Å². The lowest BCUT2D eigenvalue weighted by atomic mass is 9.80. The van der Waals surface area contributed by atoms with Gasteiger partial charge in [0.25, 0.3) is 0 Å². The number of aromatic nitrogens is 3. The van der Waals surface area contributed by atoms with E-state index in [0.717, 1.165) is 24.1 Å². The van der Waals surface area contributed by atoms with Gasteiger partial charge in [0.05, 0.1) is 29.1 Å². The number of fused-ring (bicyclic) bond motifs is 1. The van der Waals surface area contributed by atoms with Gasteiger partial charge in [-0.1, -0.05) is 0 Å². The van der Waals surface area contributed by atoms with E-state index in [0.29, 0.717) is 17.2 Å². The number of aromatic amines is 1. The fourth-order valence-corrected chi connectivity index (χ4v) is 4.96. The molecule has 0 bridgehead atoms. The van der Waals surface area contributed by atoms with Crippen LogP contribution in [0.4, 0.5) is 16.3 Å². The highest BCUT2D eigenvalue weighted by Crippen LogP contribution is 2.38. The molecule has 0 radical (unpaired) electrons. The van der Waals surface area contributed by atoms with Crippen molar-refractivity contribution in [2.45, 2.75) is 56.3 Å². The third-order valence-electron chi connectivity index (χ3n) is 4.88. The first-order valence-corrected chi connectivity index (χ1v) is 11.1. The van der Waals surface area contributed by atoms with Crippen LogP contribution in [0.5, 0.6) is 0 Å². The Morgan fingerprint density at radius 3 is 2.82 bits per heavy atom. The molecule has 1 saturated carbocycles. The van der Waals surface area contributed by atoms with Crippen LogP contribution in [0.3, 0.4) is 0 Å². The van der Waals surface area contributed by atoms with Gasteiger partial charge in [-0.3, -0.25) is 10.1 Å². The molecule has 0 spiro atoms. The lowest BCUT2D eigenvalue weighted by Gasteiger charge is -2.33. The normalized spacial score (nSPS) is 22.4. The molecule has 1 fully saturated rings. The first-order chi connectivity index (χ1) is 13.3. The summed E-state index contributed by atoms with van der Waals surface area (Å²) in [5, 5.41) is 13.1. The van der Waals surface area contributed by atoms with Crippen LogP contribution < -0.4 is 10.6 Å². The highest BCUT2D eigenvalue weighted by molar-refractivity contribution is 7.90. The summed E-state index contributed by atoms with van der Waals surface area (Å²) in [6.07, 6.45) is 2.67. The molecule has 3 heterocycles. The van der Waals surface area contributed by atoms with E-state index in [9.17, 15) is 13.2 Å². The van der Waals surface area contributed by atoms with E-state index >= 15 is 0 Å². The number of nitrogens with one attached hydrogen (secondary N) is 3. The molecular formula is C18H23N5O4S. The number of sulfone groups is 1. The zero-order valence-electron chi connectivity index (χ0n) is 15.7. The summed E-state index contributed by atoms with van der Waals surface area (Å²) in [4.78, 5) is 15.9. The summed E-state index contributed by atoms with van der Waals surface area (Å²) in [5.41, 5.74) is 3.03. The summed E-state index contributed by atoms with van der Waals surface area (Å²) in [6.45, 7) is 3.78. The van der Waals surface area contributed by atoms with Gasteiger partial charge in [0.15, 0.2) is 15.7 Å². The van der Waals surface area contributed by atoms with Crippen LogP contribution in [0.1, 0.15) is 49.6 Å². The lowest BCUT2D eigenvalue weighted by Crippen LogP contribution is -2.38. The van der Waals surface area contributed by atoms with Crippen LogP contribution in [0.25, 0.3) is 0 Å². The fourth-order valence-electron chi connectivity index (χ4n) is 3.45. The van der Waals surface area contributed by atoms with Crippen LogP contribution in [0.2, 0.25) is 0 Å². The minimum atomic E-state index is -3.07. The Balaban J connectivity index is 1.32. The van der Waals surface area contributed by atoms with E-state index in [1.807, 2.05) is 26.0 Å². The van der Waals surface area contributed by atoms with Gasteiger partial charge in [-0.25, -0.2) is 13.2 Å². The Hall–Kier alpha value is -2.62. The molecule has 0 aromatic carbocycles. The number of pyridine rings is 1. The Morgan fingerprint density at radius 1 is 1.29 bits per heavy atom. The number of carbonyl (C=O) groups excluding carboxylic acids is 1. The highest BCUT2D eigenvalue weighted by Gasteiger charge is 2.34. The second kappa shape index (κ2) is 7.08. The molecule has 0 unspecified atom stereocenters. The van der Waals surface area contributed by atoms with Crippen molar-refractivity contribution in [1.29, 1.82) is 0 Å². The zero-order valence-corrected chi connectivity index (χ0v) is 16.5. The fraction of sp³-hybridized carbons (Fsp3) is 0.500. The molecule has 150 valence electrons. The first kappa shape index (κ1) is 18.7. The summed E-state index contributed by atoms with van der Waals surface area (Å²) in [6, 6.07) is 3.78. The highest BCUT2D eigenvalue weighted by atomic mass is 32.2. The van der Waals surface area contributed by atoms with Crippen LogP contribution in [0, 0.1) is 0 Å². The van der Waals surface area contributed by atoms with Crippen molar-refractivity contribution in [3.8, 4) is 0 Å². The smallest absolute Gasteiger partial charge is 0.407 e. The Morgan fingerprint density at radius 2 is 2.07 bits per heavy atom. The maximum absolute atomic E-state index is 11.7. The number of alkyl carbamates (subject to hydrolysis) is 1. The van der Waals surface area contributed by atoms with Crippen molar-refractivity contribution in [3.05, 3.63) is 35.3 Å². The molecule has 1 aliphatic heterocycles. The number of H-pyrrole nitrogens is 1. The number of hydrogen-bond acceptors (Lipinski definition) is 7. The lowest BCUT2D eigenvalue weighted by molar-refractivity contribution is 0.0374. The summed E-state index contributed by atoms with van der Waals surface area (Å²) >= 11 is 0. The molecule has 1 aliphatic carbocycles. The summed E-state index contributed by atoms with van der Waals surface area (Å²) in [5.74, 6) is 0.947. The topological polar surface area (TPSA) is 126 Å². The standard InChI is InChI=1S/C18H23N5O4S/c1-10(2)20-18(24)27-14-4-11(5-14)15-6-17(23-22-15)21-13-3-12-8-28(25,26)9-16(12)19-7-13/h3,6-7,10-11,14H,4-5,8-9H2,1-2H3,(H,20,24)(H2,21,22,23).